The minimum absolute atomic E-state index is 0.0788. The fourth-order valence-corrected chi connectivity index (χ4v) is 2.69. The van der Waals surface area contributed by atoms with Gasteiger partial charge in [-0.15, -0.1) is 0 Å². The second-order valence-corrected chi connectivity index (χ2v) is 5.41. The van der Waals surface area contributed by atoms with Gasteiger partial charge in [0.15, 0.2) is 6.10 Å². The lowest BCUT2D eigenvalue weighted by atomic mass is 10.2. The summed E-state index contributed by atoms with van der Waals surface area (Å²) in [5.41, 5.74) is 1.06. The molecule has 1 fully saturated rings. The molecule has 0 spiro atoms. The number of hydrogen-bond acceptors (Lipinski definition) is 2. The molecule has 3 heteroatoms. The maximum absolute atomic E-state index is 12.3. The van der Waals surface area contributed by atoms with E-state index in [9.17, 15) is 4.79 Å². The molecular formula is C16H23NO2. The molecule has 1 amide bonds. The molecule has 0 heterocycles. The lowest BCUT2D eigenvalue weighted by Gasteiger charge is -2.27. The second-order valence-electron chi connectivity index (χ2n) is 5.41. The highest BCUT2D eigenvalue weighted by Gasteiger charge is 2.27. The van der Waals surface area contributed by atoms with Crippen LogP contribution in [0.4, 0.5) is 0 Å². The van der Waals surface area contributed by atoms with Crippen LogP contribution >= 0.6 is 0 Å². The summed E-state index contributed by atoms with van der Waals surface area (Å²) in [6.07, 6.45) is 4.29. The Hall–Kier alpha value is -1.51. The molecule has 1 aromatic carbocycles. The Morgan fingerprint density at radius 3 is 2.58 bits per heavy atom. The van der Waals surface area contributed by atoms with E-state index in [0.717, 1.165) is 24.2 Å². The molecule has 0 bridgehead atoms. The highest BCUT2D eigenvalue weighted by atomic mass is 16.5. The lowest BCUT2D eigenvalue weighted by Crippen LogP contribution is -2.42. The molecule has 1 saturated carbocycles. The molecule has 1 aliphatic carbocycles. The van der Waals surface area contributed by atoms with Crippen molar-refractivity contribution >= 4 is 5.91 Å². The highest BCUT2D eigenvalue weighted by Crippen LogP contribution is 2.24. The predicted molar refractivity (Wildman–Crippen MR) is 76.3 cm³/mol. The molecule has 2 rings (SSSR count). The van der Waals surface area contributed by atoms with Crippen LogP contribution < -0.4 is 4.74 Å². The number of para-hydroxylation sites is 1. The third kappa shape index (κ3) is 3.28. The van der Waals surface area contributed by atoms with Crippen LogP contribution in [-0.2, 0) is 4.79 Å². The topological polar surface area (TPSA) is 29.5 Å². The smallest absolute Gasteiger partial charge is 0.263 e. The first-order chi connectivity index (χ1) is 9.09. The average molecular weight is 261 g/mol. The first-order valence-corrected chi connectivity index (χ1v) is 7.08. The number of ether oxygens (including phenoxy) is 1. The molecule has 0 N–H and O–H groups in total. The maximum Gasteiger partial charge on any atom is 0.263 e. The fraction of sp³-hybridized carbons (Fsp3) is 0.562. The van der Waals surface area contributed by atoms with E-state index in [1.165, 1.54) is 12.8 Å². The molecule has 0 unspecified atom stereocenters. The molecule has 0 aromatic heterocycles. The van der Waals surface area contributed by atoms with Gasteiger partial charge in [0.1, 0.15) is 5.75 Å². The van der Waals surface area contributed by atoms with Crippen LogP contribution in [0.5, 0.6) is 5.75 Å². The third-order valence-corrected chi connectivity index (χ3v) is 3.97. The first-order valence-electron chi connectivity index (χ1n) is 7.08. The van der Waals surface area contributed by atoms with Crippen molar-refractivity contribution in [1.82, 2.24) is 4.90 Å². The zero-order valence-electron chi connectivity index (χ0n) is 12.1. The van der Waals surface area contributed by atoms with Crippen LogP contribution in [0.2, 0.25) is 0 Å². The van der Waals surface area contributed by atoms with E-state index >= 15 is 0 Å². The number of rotatable bonds is 4. The molecule has 1 aliphatic rings. The average Bonchev–Trinajstić information content (AvgIpc) is 2.93. The highest BCUT2D eigenvalue weighted by molar-refractivity contribution is 5.81. The summed E-state index contributed by atoms with van der Waals surface area (Å²) in [7, 11) is 1.90. The lowest BCUT2D eigenvalue weighted by molar-refractivity contribution is -0.138. The minimum atomic E-state index is -0.424. The Bertz CT molecular complexity index is 438. The normalized spacial score (nSPS) is 17.2. The Morgan fingerprint density at radius 1 is 1.32 bits per heavy atom. The zero-order valence-corrected chi connectivity index (χ0v) is 12.1. The van der Waals surface area contributed by atoms with E-state index < -0.39 is 6.10 Å². The van der Waals surface area contributed by atoms with E-state index in [4.69, 9.17) is 4.74 Å². The van der Waals surface area contributed by atoms with Crippen LogP contribution in [0.3, 0.4) is 0 Å². The molecule has 3 nitrogen and oxygen atoms in total. The van der Waals surface area contributed by atoms with Crippen molar-refractivity contribution in [1.29, 1.82) is 0 Å². The van der Waals surface area contributed by atoms with Crippen LogP contribution in [0.1, 0.15) is 38.2 Å². The summed E-state index contributed by atoms with van der Waals surface area (Å²) in [6, 6.07) is 8.21. The van der Waals surface area contributed by atoms with E-state index in [1.54, 1.807) is 0 Å². The number of likely N-dealkylation sites (N-methyl/N-ethyl adjacent to an activating group) is 1. The van der Waals surface area contributed by atoms with Crippen molar-refractivity contribution in [3.8, 4) is 5.75 Å². The van der Waals surface area contributed by atoms with Crippen molar-refractivity contribution in [2.75, 3.05) is 7.05 Å². The maximum atomic E-state index is 12.3. The van der Waals surface area contributed by atoms with Gasteiger partial charge in [-0.25, -0.2) is 0 Å². The SMILES string of the molecule is Cc1ccccc1O[C@@H](C)C(=O)N(C)C1CCCC1. The zero-order chi connectivity index (χ0) is 13.8. The van der Waals surface area contributed by atoms with Gasteiger partial charge < -0.3 is 9.64 Å². The van der Waals surface area contributed by atoms with Gasteiger partial charge in [0, 0.05) is 13.1 Å². The standard InChI is InChI=1S/C16H23NO2/c1-12-8-4-7-11-15(12)19-13(2)16(18)17(3)14-9-5-6-10-14/h4,7-8,11,13-14H,5-6,9-10H2,1-3H3/t13-/m0/s1. The van der Waals surface area contributed by atoms with Gasteiger partial charge in [0.25, 0.3) is 5.91 Å². The number of benzene rings is 1. The third-order valence-electron chi connectivity index (χ3n) is 3.97. The number of nitrogens with zero attached hydrogens (tertiary/aromatic N) is 1. The first kappa shape index (κ1) is 13.9. The second kappa shape index (κ2) is 6.09. The molecule has 104 valence electrons. The van der Waals surface area contributed by atoms with Gasteiger partial charge >= 0.3 is 0 Å². The van der Waals surface area contributed by atoms with Crippen molar-refractivity contribution in [2.45, 2.75) is 51.7 Å². The molecule has 0 aliphatic heterocycles. The summed E-state index contributed by atoms with van der Waals surface area (Å²) in [6.45, 7) is 3.83. The van der Waals surface area contributed by atoms with E-state index in [1.807, 2.05) is 50.1 Å². The summed E-state index contributed by atoms with van der Waals surface area (Å²) in [5.74, 6) is 0.873. The van der Waals surface area contributed by atoms with Gasteiger partial charge in [0.05, 0.1) is 0 Å². The van der Waals surface area contributed by atoms with Crippen LogP contribution in [-0.4, -0.2) is 30.0 Å². The Balaban J connectivity index is 1.97. The Labute approximate surface area is 115 Å². The van der Waals surface area contributed by atoms with Gasteiger partial charge in [-0.3, -0.25) is 4.79 Å². The van der Waals surface area contributed by atoms with Crippen LogP contribution in [0.15, 0.2) is 24.3 Å². The minimum Gasteiger partial charge on any atom is -0.481 e. The molecular weight excluding hydrogens is 238 g/mol. The van der Waals surface area contributed by atoms with E-state index in [0.29, 0.717) is 6.04 Å². The van der Waals surface area contributed by atoms with Crippen molar-refractivity contribution < 1.29 is 9.53 Å². The van der Waals surface area contributed by atoms with Crippen molar-refractivity contribution in [3.63, 3.8) is 0 Å². The Morgan fingerprint density at radius 2 is 1.95 bits per heavy atom. The van der Waals surface area contributed by atoms with Crippen LogP contribution in [0, 0.1) is 6.92 Å². The largest absolute Gasteiger partial charge is 0.481 e. The van der Waals surface area contributed by atoms with Gasteiger partial charge in [-0.05, 0) is 38.3 Å². The molecule has 1 atom stereocenters. The number of carbonyl (C=O) groups is 1. The summed E-state index contributed by atoms with van der Waals surface area (Å²) in [4.78, 5) is 14.2. The summed E-state index contributed by atoms with van der Waals surface area (Å²) < 4.78 is 5.80. The molecule has 0 saturated heterocycles. The number of aryl methyl sites for hydroxylation is 1. The fourth-order valence-electron chi connectivity index (χ4n) is 2.69. The van der Waals surface area contributed by atoms with Crippen LogP contribution in [0.25, 0.3) is 0 Å². The van der Waals surface area contributed by atoms with Gasteiger partial charge in [-0.2, -0.15) is 0 Å². The van der Waals surface area contributed by atoms with Crippen molar-refractivity contribution in [2.24, 2.45) is 0 Å². The number of hydrogen-bond donors (Lipinski definition) is 0. The Kier molecular flexibility index (Phi) is 4.46. The van der Waals surface area contributed by atoms with Gasteiger partial charge in [-0.1, -0.05) is 31.0 Å². The molecule has 1 aromatic rings. The van der Waals surface area contributed by atoms with Crippen molar-refractivity contribution in [3.05, 3.63) is 29.8 Å². The van der Waals surface area contributed by atoms with Gasteiger partial charge in [0.2, 0.25) is 0 Å². The molecule has 19 heavy (non-hydrogen) atoms. The van der Waals surface area contributed by atoms with E-state index in [-0.39, 0.29) is 5.91 Å². The summed E-state index contributed by atoms with van der Waals surface area (Å²) in [5, 5.41) is 0. The van der Waals surface area contributed by atoms with E-state index in [2.05, 4.69) is 0 Å². The molecule has 0 radical (unpaired) electrons. The quantitative estimate of drug-likeness (QED) is 0.833. The number of carbonyl (C=O) groups excluding carboxylic acids is 1. The number of amides is 1. The predicted octanol–water partition coefficient (Wildman–Crippen LogP) is 3.16. The summed E-state index contributed by atoms with van der Waals surface area (Å²) >= 11 is 0. The monoisotopic (exact) mass is 261 g/mol.